The lowest BCUT2D eigenvalue weighted by Gasteiger charge is -2.27. The number of quaternary nitrogens is 1. The van der Waals surface area contributed by atoms with E-state index >= 15 is 0 Å². The van der Waals surface area contributed by atoms with Crippen molar-refractivity contribution in [2.45, 2.75) is 26.2 Å². The van der Waals surface area contributed by atoms with E-state index in [9.17, 15) is 4.79 Å². The van der Waals surface area contributed by atoms with Crippen LogP contribution in [0.15, 0.2) is 18.2 Å². The first-order chi connectivity index (χ1) is 10.2. The van der Waals surface area contributed by atoms with Crippen molar-refractivity contribution in [3.05, 3.63) is 18.2 Å². The number of benzene rings is 1. The average Bonchev–Trinajstić information content (AvgIpc) is 2.93. The Morgan fingerprint density at radius 1 is 1.38 bits per heavy atom. The van der Waals surface area contributed by atoms with Gasteiger partial charge >= 0.3 is 0 Å². The molecule has 1 aromatic carbocycles. The highest BCUT2D eigenvalue weighted by Gasteiger charge is 2.20. The zero-order chi connectivity index (χ0) is 14.7. The molecule has 2 unspecified atom stereocenters. The molecule has 1 amide bonds. The zero-order valence-corrected chi connectivity index (χ0v) is 12.5. The van der Waals surface area contributed by atoms with Gasteiger partial charge in [-0.15, -0.1) is 0 Å². The molecule has 114 valence electrons. The number of carbonyl (C=O) groups is 1. The number of carbonyl (C=O) groups excluding carboxylic acids is 1. The van der Waals surface area contributed by atoms with E-state index in [1.54, 1.807) is 4.90 Å². The summed E-state index contributed by atoms with van der Waals surface area (Å²) in [6.07, 6.45) is 3.17. The van der Waals surface area contributed by atoms with Crippen molar-refractivity contribution < 1.29 is 19.2 Å². The van der Waals surface area contributed by atoms with Crippen LogP contribution < -0.4 is 19.7 Å². The predicted molar refractivity (Wildman–Crippen MR) is 79.8 cm³/mol. The molecule has 0 aliphatic carbocycles. The minimum absolute atomic E-state index is 0.0691. The molecule has 0 aromatic heterocycles. The van der Waals surface area contributed by atoms with E-state index in [1.807, 2.05) is 18.2 Å². The molecule has 1 fully saturated rings. The third-order valence-electron chi connectivity index (χ3n) is 4.23. The Bertz CT molecular complexity index is 518. The van der Waals surface area contributed by atoms with E-state index in [2.05, 4.69) is 12.2 Å². The van der Waals surface area contributed by atoms with Crippen LogP contribution in [-0.4, -0.2) is 32.3 Å². The van der Waals surface area contributed by atoms with Crippen LogP contribution in [0, 0.1) is 5.92 Å². The molecule has 0 radical (unpaired) electrons. The number of nitrogens with one attached hydrogen (secondary N) is 2. The fourth-order valence-electron chi connectivity index (χ4n) is 3.11. The van der Waals surface area contributed by atoms with E-state index < -0.39 is 0 Å². The molecule has 0 saturated carbocycles. The predicted octanol–water partition coefficient (Wildman–Crippen LogP) is 1.06. The smallest absolute Gasteiger partial charge is 0.231 e. The van der Waals surface area contributed by atoms with Crippen LogP contribution in [0.2, 0.25) is 0 Å². The first kappa shape index (κ1) is 14.2. The van der Waals surface area contributed by atoms with Gasteiger partial charge in [0.1, 0.15) is 0 Å². The molecule has 2 aliphatic heterocycles. The van der Waals surface area contributed by atoms with E-state index in [-0.39, 0.29) is 12.7 Å². The maximum Gasteiger partial charge on any atom is 0.231 e. The first-order valence-electron chi connectivity index (χ1n) is 7.74. The van der Waals surface area contributed by atoms with Gasteiger partial charge < -0.3 is 19.7 Å². The third-order valence-corrected chi connectivity index (χ3v) is 4.23. The third kappa shape index (κ3) is 3.67. The fourth-order valence-corrected chi connectivity index (χ4v) is 3.11. The molecule has 1 aromatic rings. The number of fused-ring (bicyclic) bond motifs is 1. The van der Waals surface area contributed by atoms with Gasteiger partial charge in [0.2, 0.25) is 12.7 Å². The van der Waals surface area contributed by atoms with Gasteiger partial charge in [0.05, 0.1) is 26.1 Å². The first-order valence-corrected chi connectivity index (χ1v) is 7.74. The summed E-state index contributed by atoms with van der Waals surface area (Å²) >= 11 is 0. The number of likely N-dealkylation sites (tertiary alicyclic amines) is 1. The van der Waals surface area contributed by atoms with E-state index in [1.165, 1.54) is 25.9 Å². The van der Waals surface area contributed by atoms with Crippen molar-refractivity contribution in [3.63, 3.8) is 0 Å². The lowest BCUT2D eigenvalue weighted by atomic mass is 10.0. The van der Waals surface area contributed by atoms with Crippen LogP contribution in [0.25, 0.3) is 0 Å². The van der Waals surface area contributed by atoms with Crippen molar-refractivity contribution in [1.82, 2.24) is 0 Å². The van der Waals surface area contributed by atoms with Crippen LogP contribution in [0.3, 0.4) is 0 Å². The number of piperidine rings is 1. The fraction of sp³-hybridized carbons (Fsp3) is 0.562. The van der Waals surface area contributed by atoms with Gasteiger partial charge in [-0.3, -0.25) is 4.79 Å². The molecular formula is C16H23N2O3+. The molecule has 0 spiro atoms. The molecule has 2 atom stereocenters. The normalized spacial score (nSPS) is 23.9. The second-order valence-electron chi connectivity index (χ2n) is 6.07. The Balaban J connectivity index is 1.48. The second kappa shape index (κ2) is 6.35. The van der Waals surface area contributed by atoms with Crippen molar-refractivity contribution in [2.24, 2.45) is 5.92 Å². The quantitative estimate of drug-likeness (QED) is 0.872. The molecule has 2 aliphatic rings. The molecule has 0 bridgehead atoms. The summed E-state index contributed by atoms with van der Waals surface area (Å²) in [6, 6.07) is 5.49. The number of anilines is 1. The summed E-state index contributed by atoms with van der Waals surface area (Å²) in [7, 11) is 0. The van der Waals surface area contributed by atoms with Crippen LogP contribution in [0.1, 0.15) is 26.2 Å². The van der Waals surface area contributed by atoms with Crippen LogP contribution in [0.5, 0.6) is 11.5 Å². The number of rotatable bonds is 4. The number of amides is 1. The van der Waals surface area contributed by atoms with Gasteiger partial charge in [0.25, 0.3) is 0 Å². The summed E-state index contributed by atoms with van der Waals surface area (Å²) in [6.45, 7) is 5.86. The van der Waals surface area contributed by atoms with Gasteiger partial charge in [0.15, 0.2) is 11.5 Å². The maximum absolute atomic E-state index is 12.0. The lowest BCUT2D eigenvalue weighted by Crippen LogP contribution is -3.13. The monoisotopic (exact) mass is 291 g/mol. The Kier molecular flexibility index (Phi) is 4.29. The minimum atomic E-state index is 0.0691. The SMILES string of the molecule is CC1CCC[NH+](CCC(=O)Nc2ccc3c(c2)OCO3)C1. The summed E-state index contributed by atoms with van der Waals surface area (Å²) in [4.78, 5) is 13.6. The minimum Gasteiger partial charge on any atom is -0.454 e. The van der Waals surface area contributed by atoms with Crippen molar-refractivity contribution in [3.8, 4) is 11.5 Å². The van der Waals surface area contributed by atoms with Gasteiger partial charge in [-0.1, -0.05) is 6.92 Å². The van der Waals surface area contributed by atoms with Crippen LogP contribution in [-0.2, 0) is 4.79 Å². The number of ether oxygens (including phenoxy) is 2. The number of hydrogen-bond donors (Lipinski definition) is 2. The largest absolute Gasteiger partial charge is 0.454 e. The summed E-state index contributed by atoms with van der Waals surface area (Å²) < 4.78 is 10.6. The van der Waals surface area contributed by atoms with Crippen molar-refractivity contribution in [1.29, 1.82) is 0 Å². The summed E-state index contributed by atoms with van der Waals surface area (Å²) in [5.41, 5.74) is 0.770. The molecule has 5 heteroatoms. The van der Waals surface area contributed by atoms with Gasteiger partial charge in [0, 0.05) is 17.7 Å². The highest BCUT2D eigenvalue weighted by molar-refractivity contribution is 5.91. The van der Waals surface area contributed by atoms with E-state index in [0.717, 1.165) is 23.9 Å². The topological polar surface area (TPSA) is 52.0 Å². The maximum atomic E-state index is 12.0. The van der Waals surface area contributed by atoms with Crippen molar-refractivity contribution in [2.75, 3.05) is 31.7 Å². The molecule has 1 saturated heterocycles. The van der Waals surface area contributed by atoms with Gasteiger partial charge in [-0.05, 0) is 25.0 Å². The molecule has 3 rings (SSSR count). The highest BCUT2D eigenvalue weighted by atomic mass is 16.7. The lowest BCUT2D eigenvalue weighted by molar-refractivity contribution is -0.907. The Morgan fingerprint density at radius 2 is 2.24 bits per heavy atom. The molecular weight excluding hydrogens is 268 g/mol. The van der Waals surface area contributed by atoms with Gasteiger partial charge in [-0.25, -0.2) is 0 Å². The summed E-state index contributed by atoms with van der Waals surface area (Å²) in [5.74, 6) is 2.29. The molecule has 5 nitrogen and oxygen atoms in total. The van der Waals surface area contributed by atoms with Crippen LogP contribution in [0.4, 0.5) is 5.69 Å². The highest BCUT2D eigenvalue weighted by Crippen LogP contribution is 2.34. The van der Waals surface area contributed by atoms with E-state index in [4.69, 9.17) is 9.47 Å². The second-order valence-corrected chi connectivity index (χ2v) is 6.07. The number of hydrogen-bond acceptors (Lipinski definition) is 3. The zero-order valence-electron chi connectivity index (χ0n) is 12.5. The molecule has 2 heterocycles. The molecule has 21 heavy (non-hydrogen) atoms. The Morgan fingerprint density at radius 3 is 3.10 bits per heavy atom. The molecule has 2 N–H and O–H groups in total. The standard InChI is InChI=1S/C16H22N2O3/c1-12-3-2-7-18(10-12)8-6-16(19)17-13-4-5-14-15(9-13)21-11-20-14/h4-5,9,12H,2-3,6-8,10-11H2,1H3,(H,17,19)/p+1. The Labute approximate surface area is 125 Å². The van der Waals surface area contributed by atoms with Crippen molar-refractivity contribution >= 4 is 11.6 Å². The van der Waals surface area contributed by atoms with Crippen LogP contribution >= 0.6 is 0 Å². The Hall–Kier alpha value is -1.75. The summed E-state index contributed by atoms with van der Waals surface area (Å²) in [5, 5.41) is 2.93. The van der Waals surface area contributed by atoms with Gasteiger partial charge in [-0.2, -0.15) is 0 Å². The average molecular weight is 291 g/mol. The van der Waals surface area contributed by atoms with E-state index in [0.29, 0.717) is 12.2 Å².